The molecule has 4 rings (SSSR count). The molecule has 10 heteroatoms. The van der Waals surface area contributed by atoms with Crippen LogP contribution in [0.1, 0.15) is 46.3 Å². The van der Waals surface area contributed by atoms with Crippen molar-refractivity contribution in [2.75, 3.05) is 19.3 Å². The van der Waals surface area contributed by atoms with Crippen molar-refractivity contribution in [2.45, 2.75) is 37.5 Å². The lowest BCUT2D eigenvalue weighted by molar-refractivity contribution is 0.0709. The van der Waals surface area contributed by atoms with Gasteiger partial charge < -0.3 is 9.42 Å². The third kappa shape index (κ3) is 4.20. The lowest BCUT2D eigenvalue weighted by atomic mass is 9.92. The molecule has 1 amide bonds. The Labute approximate surface area is 180 Å². The Morgan fingerprint density at radius 3 is 2.42 bits per heavy atom. The van der Waals surface area contributed by atoms with Gasteiger partial charge in [-0.1, -0.05) is 5.16 Å². The zero-order valence-electron chi connectivity index (χ0n) is 17.6. The number of piperidine rings is 1. The number of hydrogen-bond acceptors (Lipinski definition) is 8. The van der Waals surface area contributed by atoms with Gasteiger partial charge in [-0.05, 0) is 38.8 Å². The summed E-state index contributed by atoms with van der Waals surface area (Å²) < 4.78 is 29.9. The summed E-state index contributed by atoms with van der Waals surface area (Å²) in [6, 6.07) is 3.56. The quantitative estimate of drug-likeness (QED) is 0.606. The summed E-state index contributed by atoms with van der Waals surface area (Å²) in [6.45, 7) is 4.45. The molecule has 1 fully saturated rings. The lowest BCUT2D eigenvalue weighted by Gasteiger charge is -2.32. The summed E-state index contributed by atoms with van der Waals surface area (Å²) in [5.74, 6) is 0.751. The molecule has 3 aromatic heterocycles. The fourth-order valence-electron chi connectivity index (χ4n) is 3.90. The maximum Gasteiger partial charge on any atom is 0.259 e. The number of aryl methyl sites for hydroxylation is 2. The van der Waals surface area contributed by atoms with E-state index in [0.29, 0.717) is 54.5 Å². The number of hydrogen-bond donors (Lipinski definition) is 0. The molecule has 0 unspecified atom stereocenters. The Kier molecular flexibility index (Phi) is 5.57. The molecule has 4 heterocycles. The number of carbonyl (C=O) groups excluding carboxylic acids is 1. The van der Waals surface area contributed by atoms with Crippen LogP contribution in [-0.2, 0) is 9.84 Å². The van der Waals surface area contributed by atoms with Gasteiger partial charge in [0, 0.05) is 49.4 Å². The van der Waals surface area contributed by atoms with Crippen LogP contribution in [0, 0.1) is 13.8 Å². The fourth-order valence-corrected chi connectivity index (χ4v) is 4.74. The van der Waals surface area contributed by atoms with E-state index in [2.05, 4.69) is 20.1 Å². The molecule has 0 bridgehead atoms. The SMILES string of the molecule is Cc1noc(C)c1C(=O)N1CCC(c2nc(-c3ccncc3)ncc2S(C)(=O)=O)CC1. The Morgan fingerprint density at radius 1 is 1.16 bits per heavy atom. The lowest BCUT2D eigenvalue weighted by Crippen LogP contribution is -2.38. The Morgan fingerprint density at radius 2 is 1.84 bits per heavy atom. The van der Waals surface area contributed by atoms with E-state index in [1.165, 1.54) is 6.20 Å². The molecular weight excluding hydrogens is 418 g/mol. The molecule has 1 aliphatic heterocycles. The van der Waals surface area contributed by atoms with E-state index in [0.717, 1.165) is 11.8 Å². The van der Waals surface area contributed by atoms with Crippen molar-refractivity contribution in [3.63, 3.8) is 0 Å². The second-order valence-corrected chi connectivity index (χ2v) is 9.70. The van der Waals surface area contributed by atoms with Crippen LogP contribution in [0.15, 0.2) is 40.1 Å². The van der Waals surface area contributed by atoms with Crippen LogP contribution < -0.4 is 0 Å². The van der Waals surface area contributed by atoms with Crippen LogP contribution in [0.25, 0.3) is 11.4 Å². The first-order valence-corrected chi connectivity index (χ1v) is 11.8. The van der Waals surface area contributed by atoms with E-state index in [-0.39, 0.29) is 16.7 Å². The van der Waals surface area contributed by atoms with Crippen LogP contribution >= 0.6 is 0 Å². The molecule has 9 nitrogen and oxygen atoms in total. The summed E-state index contributed by atoms with van der Waals surface area (Å²) in [5.41, 5.74) is 2.34. The van der Waals surface area contributed by atoms with Gasteiger partial charge in [0.05, 0.1) is 11.4 Å². The summed E-state index contributed by atoms with van der Waals surface area (Å²) >= 11 is 0. The van der Waals surface area contributed by atoms with Crippen molar-refractivity contribution in [1.82, 2.24) is 25.0 Å². The minimum absolute atomic E-state index is 0.0953. The zero-order valence-corrected chi connectivity index (χ0v) is 18.4. The standard InChI is InChI=1S/C21H23N5O4S/c1-13-18(14(2)30-25-13)21(27)26-10-6-15(7-11-26)19-17(31(3,28)29)12-23-20(24-19)16-4-8-22-9-5-16/h4-5,8-9,12,15H,6-7,10-11H2,1-3H3. The maximum atomic E-state index is 12.9. The van der Waals surface area contributed by atoms with Gasteiger partial charge in [0.2, 0.25) is 0 Å². The molecule has 0 spiro atoms. The van der Waals surface area contributed by atoms with Gasteiger partial charge in [0.1, 0.15) is 16.2 Å². The van der Waals surface area contributed by atoms with Gasteiger partial charge in [0.25, 0.3) is 5.91 Å². The molecule has 0 aliphatic carbocycles. The second-order valence-electron chi connectivity index (χ2n) is 7.72. The number of aromatic nitrogens is 4. The number of likely N-dealkylation sites (tertiary alicyclic amines) is 1. The van der Waals surface area contributed by atoms with Crippen LogP contribution in [0.5, 0.6) is 0 Å². The van der Waals surface area contributed by atoms with Gasteiger partial charge >= 0.3 is 0 Å². The predicted molar refractivity (Wildman–Crippen MR) is 112 cm³/mol. The second kappa shape index (κ2) is 8.18. The number of pyridine rings is 1. The highest BCUT2D eigenvalue weighted by molar-refractivity contribution is 7.90. The summed E-state index contributed by atoms with van der Waals surface area (Å²) in [6.07, 6.45) is 7.03. The molecule has 31 heavy (non-hydrogen) atoms. The molecule has 1 aliphatic rings. The van der Waals surface area contributed by atoms with Crippen molar-refractivity contribution in [2.24, 2.45) is 0 Å². The topological polar surface area (TPSA) is 119 Å². The largest absolute Gasteiger partial charge is 0.361 e. The van der Waals surface area contributed by atoms with Crippen LogP contribution in [0.3, 0.4) is 0 Å². The maximum absolute atomic E-state index is 12.9. The number of sulfone groups is 1. The van der Waals surface area contributed by atoms with Crippen molar-refractivity contribution >= 4 is 15.7 Å². The van der Waals surface area contributed by atoms with Gasteiger partial charge in [-0.3, -0.25) is 9.78 Å². The average Bonchev–Trinajstić information content (AvgIpc) is 3.11. The highest BCUT2D eigenvalue weighted by atomic mass is 32.2. The minimum atomic E-state index is -3.50. The van der Waals surface area contributed by atoms with E-state index in [4.69, 9.17) is 4.52 Å². The summed E-state index contributed by atoms with van der Waals surface area (Å²) in [5, 5.41) is 3.86. The molecule has 1 saturated heterocycles. The molecule has 0 radical (unpaired) electrons. The summed E-state index contributed by atoms with van der Waals surface area (Å²) in [4.78, 5) is 27.7. The number of rotatable bonds is 4. The van der Waals surface area contributed by atoms with E-state index in [9.17, 15) is 13.2 Å². The average molecular weight is 442 g/mol. The van der Waals surface area contributed by atoms with E-state index >= 15 is 0 Å². The minimum Gasteiger partial charge on any atom is -0.361 e. The van der Waals surface area contributed by atoms with Crippen molar-refractivity contribution in [3.05, 3.63) is 53.4 Å². The molecule has 162 valence electrons. The number of carbonyl (C=O) groups is 1. The monoisotopic (exact) mass is 441 g/mol. The third-order valence-corrected chi connectivity index (χ3v) is 6.65. The van der Waals surface area contributed by atoms with Gasteiger partial charge in [-0.2, -0.15) is 0 Å². The first-order valence-electron chi connectivity index (χ1n) is 9.95. The Balaban J connectivity index is 1.60. The number of amides is 1. The first-order chi connectivity index (χ1) is 14.8. The predicted octanol–water partition coefficient (Wildman–Crippen LogP) is 2.57. The van der Waals surface area contributed by atoms with E-state index in [1.807, 2.05) is 0 Å². The molecule has 0 saturated carbocycles. The highest BCUT2D eigenvalue weighted by Crippen LogP contribution is 2.33. The van der Waals surface area contributed by atoms with Crippen molar-refractivity contribution in [3.8, 4) is 11.4 Å². The molecule has 0 N–H and O–H groups in total. The third-order valence-electron chi connectivity index (χ3n) is 5.54. The zero-order chi connectivity index (χ0) is 22.2. The Bertz CT molecular complexity index is 1200. The number of nitrogens with zero attached hydrogens (tertiary/aromatic N) is 5. The van der Waals surface area contributed by atoms with Crippen molar-refractivity contribution in [1.29, 1.82) is 0 Å². The normalized spacial score (nSPS) is 15.3. The van der Waals surface area contributed by atoms with Crippen LogP contribution in [0.2, 0.25) is 0 Å². The van der Waals surface area contributed by atoms with E-state index < -0.39 is 9.84 Å². The van der Waals surface area contributed by atoms with Gasteiger partial charge in [-0.15, -0.1) is 0 Å². The fraction of sp³-hybridized carbons (Fsp3) is 0.381. The summed E-state index contributed by atoms with van der Waals surface area (Å²) in [7, 11) is -3.50. The van der Waals surface area contributed by atoms with Gasteiger partial charge in [-0.25, -0.2) is 18.4 Å². The molecule has 3 aromatic rings. The smallest absolute Gasteiger partial charge is 0.259 e. The van der Waals surface area contributed by atoms with Gasteiger partial charge in [0.15, 0.2) is 15.7 Å². The molecule has 0 atom stereocenters. The van der Waals surface area contributed by atoms with Crippen molar-refractivity contribution < 1.29 is 17.7 Å². The molecule has 0 aromatic carbocycles. The highest BCUT2D eigenvalue weighted by Gasteiger charge is 2.31. The Hall–Kier alpha value is -3.14. The van der Waals surface area contributed by atoms with Crippen LogP contribution in [-0.4, -0.2) is 58.7 Å². The van der Waals surface area contributed by atoms with Crippen LogP contribution in [0.4, 0.5) is 0 Å². The van der Waals surface area contributed by atoms with E-state index in [1.54, 1.807) is 43.3 Å². The molecular formula is C21H23N5O4S. The first kappa shape index (κ1) is 21.1.